The van der Waals surface area contributed by atoms with Gasteiger partial charge < -0.3 is 9.64 Å². The molecule has 3 heterocycles. The number of rotatable bonds is 3. The van der Waals surface area contributed by atoms with Crippen molar-refractivity contribution in [3.63, 3.8) is 0 Å². The van der Waals surface area contributed by atoms with Crippen LogP contribution < -0.4 is 0 Å². The van der Waals surface area contributed by atoms with E-state index in [-0.39, 0.29) is 37.7 Å². The Kier molecular flexibility index (Phi) is 6.37. The number of hydrogen-bond acceptors (Lipinski definition) is 5. The summed E-state index contributed by atoms with van der Waals surface area (Å²) in [6.07, 6.45) is 5.15. The van der Waals surface area contributed by atoms with Crippen LogP contribution >= 0.6 is 11.6 Å². The largest absolute Gasteiger partial charge is 0.379 e. The summed E-state index contributed by atoms with van der Waals surface area (Å²) in [6.45, 7) is 1.14. The normalized spacial score (nSPS) is 19.5. The maximum atomic E-state index is 14.6. The van der Waals surface area contributed by atoms with E-state index in [1.807, 2.05) is 23.1 Å². The van der Waals surface area contributed by atoms with Crippen molar-refractivity contribution < 1.29 is 22.3 Å². The summed E-state index contributed by atoms with van der Waals surface area (Å²) in [7, 11) is -4.14. The highest BCUT2D eigenvalue weighted by atomic mass is 35.5. The molecule has 0 unspecified atom stereocenters. The molecule has 0 spiro atoms. The van der Waals surface area contributed by atoms with E-state index in [0.717, 1.165) is 22.0 Å². The van der Waals surface area contributed by atoms with Crippen LogP contribution in [0.25, 0.3) is 0 Å². The molecular weight excluding hydrogens is 495 g/mol. The molecule has 5 rings (SSSR count). The summed E-state index contributed by atoms with van der Waals surface area (Å²) in [5.41, 5.74) is 1.47. The van der Waals surface area contributed by atoms with Gasteiger partial charge in [0, 0.05) is 37.0 Å². The average molecular weight is 515 g/mol. The van der Waals surface area contributed by atoms with Crippen LogP contribution in [0, 0.1) is 5.82 Å². The van der Waals surface area contributed by atoms with Crippen LogP contribution in [-0.4, -0.2) is 61.5 Å². The first kappa shape index (κ1) is 23.6. The summed E-state index contributed by atoms with van der Waals surface area (Å²) < 4.78 is 46.9. The number of halogens is 2. The van der Waals surface area contributed by atoms with Crippen molar-refractivity contribution in [3.8, 4) is 0 Å². The second kappa shape index (κ2) is 9.46. The predicted octanol–water partition coefficient (Wildman–Crippen LogP) is 3.30. The second-order valence-electron chi connectivity index (χ2n) is 8.00. The first-order valence-electron chi connectivity index (χ1n) is 10.8. The standard InChI is InChI=1S/C24H20ClFN4O4S/c25-18-6-8-22-27-23(19-4-2-1-3-17(19)14-29(22)15-18)28-24(31)16-5-7-20(26)21(13-16)35(32,33)30-9-11-34-12-10-30/h1-8,13,15H,9-12,14H2. The van der Waals surface area contributed by atoms with Gasteiger partial charge >= 0.3 is 0 Å². The van der Waals surface area contributed by atoms with Crippen LogP contribution in [0.1, 0.15) is 21.5 Å². The number of morpholine rings is 1. The molecule has 0 N–H and O–H groups in total. The first-order valence-corrected chi connectivity index (χ1v) is 12.6. The van der Waals surface area contributed by atoms with Gasteiger partial charge in [-0.2, -0.15) is 9.30 Å². The number of allylic oxidation sites excluding steroid dienone is 2. The minimum atomic E-state index is -4.14. The Bertz CT molecular complexity index is 1430. The molecule has 180 valence electrons. The molecule has 1 amide bonds. The molecule has 35 heavy (non-hydrogen) atoms. The Morgan fingerprint density at radius 1 is 1.11 bits per heavy atom. The van der Waals surface area contributed by atoms with Crippen molar-refractivity contribution in [1.82, 2.24) is 9.21 Å². The monoisotopic (exact) mass is 514 g/mol. The van der Waals surface area contributed by atoms with Gasteiger partial charge in [0.05, 0.1) is 18.2 Å². The van der Waals surface area contributed by atoms with Crippen molar-refractivity contribution in [2.45, 2.75) is 11.4 Å². The molecular formula is C24H20ClFN4O4S. The van der Waals surface area contributed by atoms with Crippen molar-refractivity contribution in [2.75, 3.05) is 26.3 Å². The van der Waals surface area contributed by atoms with Gasteiger partial charge in [0.25, 0.3) is 5.91 Å². The quantitative estimate of drug-likeness (QED) is 0.627. The lowest BCUT2D eigenvalue weighted by Crippen LogP contribution is -2.41. The van der Waals surface area contributed by atoms with Crippen LogP contribution in [0.4, 0.5) is 4.39 Å². The Hall–Kier alpha value is -3.18. The number of amidine groups is 2. The molecule has 2 aromatic carbocycles. The Morgan fingerprint density at radius 3 is 2.69 bits per heavy atom. The van der Waals surface area contributed by atoms with Gasteiger partial charge in [-0.05, 0) is 35.9 Å². The number of aliphatic imine (C=N–C) groups is 2. The van der Waals surface area contributed by atoms with E-state index in [9.17, 15) is 17.6 Å². The van der Waals surface area contributed by atoms with Crippen LogP contribution in [0.3, 0.4) is 0 Å². The lowest BCUT2D eigenvalue weighted by molar-refractivity contribution is 0.0729. The summed E-state index contributed by atoms with van der Waals surface area (Å²) in [6, 6.07) is 10.6. The summed E-state index contributed by atoms with van der Waals surface area (Å²) in [5.74, 6) is -0.959. The zero-order valence-electron chi connectivity index (χ0n) is 18.4. The van der Waals surface area contributed by atoms with E-state index in [2.05, 4.69) is 9.98 Å². The molecule has 0 aliphatic carbocycles. The highest BCUT2D eigenvalue weighted by Gasteiger charge is 2.30. The van der Waals surface area contributed by atoms with E-state index in [1.54, 1.807) is 24.4 Å². The Balaban J connectivity index is 1.54. The van der Waals surface area contributed by atoms with Crippen LogP contribution in [-0.2, 0) is 21.3 Å². The van der Waals surface area contributed by atoms with Gasteiger partial charge in [-0.15, -0.1) is 0 Å². The number of amides is 1. The minimum Gasteiger partial charge on any atom is -0.379 e. The first-order chi connectivity index (χ1) is 16.8. The number of ether oxygens (including phenoxy) is 1. The molecule has 0 atom stereocenters. The molecule has 3 aliphatic heterocycles. The molecule has 0 aromatic heterocycles. The maximum Gasteiger partial charge on any atom is 0.279 e. The van der Waals surface area contributed by atoms with Crippen LogP contribution in [0.15, 0.2) is 80.7 Å². The van der Waals surface area contributed by atoms with E-state index in [1.165, 1.54) is 6.07 Å². The molecule has 1 saturated heterocycles. The van der Waals surface area contributed by atoms with Crippen molar-refractivity contribution in [1.29, 1.82) is 0 Å². The number of carbonyl (C=O) groups is 1. The second-order valence-corrected chi connectivity index (χ2v) is 10.3. The van der Waals surface area contributed by atoms with Gasteiger partial charge in [-0.3, -0.25) is 4.79 Å². The third kappa shape index (κ3) is 4.70. The summed E-state index contributed by atoms with van der Waals surface area (Å²) in [5, 5.41) is 0.540. The predicted molar refractivity (Wildman–Crippen MR) is 129 cm³/mol. The van der Waals surface area contributed by atoms with Gasteiger partial charge in [0.1, 0.15) is 16.5 Å². The molecule has 3 aliphatic rings. The average Bonchev–Trinajstić information content (AvgIpc) is 3.00. The van der Waals surface area contributed by atoms with Crippen molar-refractivity contribution in [3.05, 3.63) is 88.4 Å². The number of carbonyl (C=O) groups excluding carboxylic acids is 1. The fraction of sp³-hybridized carbons (Fsp3) is 0.208. The van der Waals surface area contributed by atoms with E-state index in [4.69, 9.17) is 16.3 Å². The molecule has 0 radical (unpaired) electrons. The molecule has 1 fully saturated rings. The van der Waals surface area contributed by atoms with Crippen LogP contribution in [0.2, 0.25) is 0 Å². The van der Waals surface area contributed by atoms with Crippen molar-refractivity contribution in [2.24, 2.45) is 9.98 Å². The minimum absolute atomic E-state index is 0.0633. The topological polar surface area (TPSA) is 91.6 Å². The van der Waals surface area contributed by atoms with Crippen molar-refractivity contribution >= 4 is 39.2 Å². The van der Waals surface area contributed by atoms with Gasteiger partial charge in [0.2, 0.25) is 10.0 Å². The lowest BCUT2D eigenvalue weighted by atomic mass is 10.1. The third-order valence-electron chi connectivity index (χ3n) is 5.76. The Morgan fingerprint density at radius 2 is 1.89 bits per heavy atom. The number of hydrogen-bond donors (Lipinski definition) is 0. The number of sulfonamides is 1. The SMILES string of the molecule is O=C(N=C1N=C2C=CC(Cl)=CN2Cc2ccccc21)c1ccc(F)c(S(=O)(=O)N2CCOCC2)c1. The van der Waals surface area contributed by atoms with Gasteiger partial charge in [-0.25, -0.2) is 17.8 Å². The molecule has 2 aromatic rings. The number of nitrogens with zero attached hydrogens (tertiary/aromatic N) is 4. The number of benzene rings is 2. The molecule has 0 bridgehead atoms. The zero-order chi connectivity index (χ0) is 24.6. The lowest BCUT2D eigenvalue weighted by Gasteiger charge is -2.26. The molecule has 0 saturated carbocycles. The third-order valence-corrected chi connectivity index (χ3v) is 7.90. The summed E-state index contributed by atoms with van der Waals surface area (Å²) >= 11 is 6.14. The highest BCUT2D eigenvalue weighted by Crippen LogP contribution is 2.25. The number of fused-ring (bicyclic) bond motifs is 2. The maximum absolute atomic E-state index is 14.6. The van der Waals surface area contributed by atoms with E-state index < -0.39 is 26.6 Å². The smallest absolute Gasteiger partial charge is 0.279 e. The zero-order valence-corrected chi connectivity index (χ0v) is 20.0. The van der Waals surface area contributed by atoms with Gasteiger partial charge in [0.15, 0.2) is 5.84 Å². The molecule has 8 nitrogen and oxygen atoms in total. The fourth-order valence-electron chi connectivity index (χ4n) is 3.97. The van der Waals surface area contributed by atoms with Crippen LogP contribution in [0.5, 0.6) is 0 Å². The fourth-order valence-corrected chi connectivity index (χ4v) is 5.65. The summed E-state index contributed by atoms with van der Waals surface area (Å²) in [4.78, 5) is 23.2. The molecule has 11 heteroatoms. The highest BCUT2D eigenvalue weighted by molar-refractivity contribution is 7.89. The van der Waals surface area contributed by atoms with Gasteiger partial charge in [-0.1, -0.05) is 35.9 Å². The van der Waals surface area contributed by atoms with E-state index in [0.29, 0.717) is 23.0 Å². The van der Waals surface area contributed by atoms with E-state index >= 15 is 0 Å². The Labute approximate surface area is 206 Å².